The Balaban J connectivity index is 2.08. The number of rotatable bonds is 6. The van der Waals surface area contributed by atoms with E-state index in [1.54, 1.807) is 0 Å². The molecule has 3 unspecified atom stereocenters. The molecule has 0 saturated heterocycles. The quantitative estimate of drug-likeness (QED) is 0.872. The normalized spacial score (nSPS) is 27.5. The summed E-state index contributed by atoms with van der Waals surface area (Å²) < 4.78 is 6.04. The van der Waals surface area contributed by atoms with Crippen molar-refractivity contribution in [3.8, 4) is 0 Å². The first-order chi connectivity index (χ1) is 10.1. The molecule has 0 bridgehead atoms. The third-order valence-electron chi connectivity index (χ3n) is 4.73. The van der Waals surface area contributed by atoms with Gasteiger partial charge in [0.2, 0.25) is 0 Å². The number of hydrogen-bond acceptors (Lipinski definition) is 3. The summed E-state index contributed by atoms with van der Waals surface area (Å²) in [5, 5.41) is 10.8. The van der Waals surface area contributed by atoms with Crippen LogP contribution in [0.25, 0.3) is 0 Å². The second-order valence-electron chi connectivity index (χ2n) is 6.43. The lowest BCUT2D eigenvalue weighted by Gasteiger charge is -2.43. The number of pyridine rings is 1. The zero-order valence-corrected chi connectivity index (χ0v) is 13.6. The molecule has 0 amide bonds. The predicted octanol–water partition coefficient (Wildman–Crippen LogP) is 3.53. The molecule has 3 atom stereocenters. The van der Waals surface area contributed by atoms with Crippen molar-refractivity contribution in [3.05, 3.63) is 29.6 Å². The molecule has 1 aliphatic carbocycles. The fourth-order valence-corrected chi connectivity index (χ4v) is 3.53. The van der Waals surface area contributed by atoms with Crippen molar-refractivity contribution < 1.29 is 9.84 Å². The predicted molar refractivity (Wildman–Crippen MR) is 85.3 cm³/mol. The number of aliphatic hydroxyl groups is 1. The third kappa shape index (κ3) is 4.04. The Morgan fingerprint density at radius 1 is 1.43 bits per heavy atom. The largest absolute Gasteiger partial charge is 0.390 e. The molecule has 1 saturated carbocycles. The van der Waals surface area contributed by atoms with Crippen LogP contribution in [0.1, 0.15) is 57.7 Å². The zero-order chi connectivity index (χ0) is 15.3. The standard InChI is InChI=1S/C18H29NO2/c1-4-15-8-9-16(19-13-15)11-17(20)18(21-5-2)10-6-7-14(3)12-18/h8-9,13-14,17,20H,4-7,10-12H2,1-3H3. The summed E-state index contributed by atoms with van der Waals surface area (Å²) in [6, 6.07) is 4.14. The van der Waals surface area contributed by atoms with Gasteiger partial charge >= 0.3 is 0 Å². The molecule has 1 heterocycles. The number of aliphatic hydroxyl groups excluding tert-OH is 1. The molecule has 1 aliphatic rings. The van der Waals surface area contributed by atoms with Crippen molar-refractivity contribution in [1.29, 1.82) is 0 Å². The Labute approximate surface area is 128 Å². The maximum atomic E-state index is 10.8. The van der Waals surface area contributed by atoms with Gasteiger partial charge in [0.1, 0.15) is 0 Å². The summed E-state index contributed by atoms with van der Waals surface area (Å²) >= 11 is 0. The number of nitrogens with zero attached hydrogens (tertiary/aromatic N) is 1. The van der Waals surface area contributed by atoms with Crippen LogP contribution in [-0.4, -0.2) is 28.4 Å². The first kappa shape index (κ1) is 16.4. The first-order valence-electron chi connectivity index (χ1n) is 8.35. The van der Waals surface area contributed by atoms with E-state index in [2.05, 4.69) is 24.9 Å². The van der Waals surface area contributed by atoms with Crippen LogP contribution in [0.4, 0.5) is 0 Å². The maximum absolute atomic E-state index is 10.8. The van der Waals surface area contributed by atoms with Crippen LogP contribution < -0.4 is 0 Å². The molecule has 0 spiro atoms. The topological polar surface area (TPSA) is 42.4 Å². The highest BCUT2D eigenvalue weighted by molar-refractivity contribution is 5.15. The molecule has 1 aromatic heterocycles. The van der Waals surface area contributed by atoms with E-state index in [1.165, 1.54) is 12.0 Å². The van der Waals surface area contributed by atoms with Crippen LogP contribution in [0.5, 0.6) is 0 Å². The van der Waals surface area contributed by atoms with Crippen molar-refractivity contribution in [2.45, 2.75) is 71.0 Å². The first-order valence-corrected chi connectivity index (χ1v) is 8.35. The van der Waals surface area contributed by atoms with E-state index >= 15 is 0 Å². The van der Waals surface area contributed by atoms with Crippen molar-refractivity contribution in [2.75, 3.05) is 6.61 Å². The molecule has 1 aromatic rings. The molecule has 2 rings (SSSR count). The van der Waals surface area contributed by atoms with Crippen LogP contribution in [0.15, 0.2) is 18.3 Å². The average Bonchev–Trinajstić information content (AvgIpc) is 2.48. The molecular weight excluding hydrogens is 262 g/mol. The molecule has 0 radical (unpaired) electrons. The van der Waals surface area contributed by atoms with Crippen molar-refractivity contribution in [1.82, 2.24) is 4.98 Å². The fourth-order valence-electron chi connectivity index (χ4n) is 3.53. The highest BCUT2D eigenvalue weighted by Gasteiger charge is 2.42. The highest BCUT2D eigenvalue weighted by Crippen LogP contribution is 2.38. The van der Waals surface area contributed by atoms with E-state index in [4.69, 9.17) is 4.74 Å². The van der Waals surface area contributed by atoms with Crippen LogP contribution in [-0.2, 0) is 17.6 Å². The number of aromatic nitrogens is 1. The van der Waals surface area contributed by atoms with Crippen LogP contribution >= 0.6 is 0 Å². The van der Waals surface area contributed by atoms with E-state index in [9.17, 15) is 5.11 Å². The van der Waals surface area contributed by atoms with E-state index in [-0.39, 0.29) is 5.60 Å². The number of aryl methyl sites for hydroxylation is 1. The average molecular weight is 291 g/mol. The summed E-state index contributed by atoms with van der Waals surface area (Å²) in [5.41, 5.74) is 1.81. The Morgan fingerprint density at radius 2 is 2.24 bits per heavy atom. The van der Waals surface area contributed by atoms with Gasteiger partial charge in [0.25, 0.3) is 0 Å². The van der Waals surface area contributed by atoms with E-state index in [0.29, 0.717) is 18.9 Å². The van der Waals surface area contributed by atoms with Gasteiger partial charge in [-0.25, -0.2) is 0 Å². The van der Waals surface area contributed by atoms with Crippen LogP contribution in [0.3, 0.4) is 0 Å². The van der Waals surface area contributed by atoms with Gasteiger partial charge < -0.3 is 9.84 Å². The van der Waals surface area contributed by atoms with E-state index in [0.717, 1.165) is 31.4 Å². The van der Waals surface area contributed by atoms with Gasteiger partial charge in [-0.05, 0) is 43.7 Å². The lowest BCUT2D eigenvalue weighted by molar-refractivity contribution is -0.147. The van der Waals surface area contributed by atoms with Gasteiger partial charge in [0, 0.05) is 24.9 Å². The second kappa shape index (κ2) is 7.37. The number of hydrogen-bond donors (Lipinski definition) is 1. The summed E-state index contributed by atoms with van der Waals surface area (Å²) in [6.45, 7) is 7.06. The second-order valence-corrected chi connectivity index (χ2v) is 6.43. The monoisotopic (exact) mass is 291 g/mol. The molecule has 1 fully saturated rings. The lowest BCUT2D eigenvalue weighted by Crippen LogP contribution is -2.49. The van der Waals surface area contributed by atoms with Gasteiger partial charge in [-0.3, -0.25) is 4.98 Å². The molecular formula is C18H29NO2. The molecule has 118 valence electrons. The molecule has 0 aliphatic heterocycles. The molecule has 0 aromatic carbocycles. The van der Waals surface area contributed by atoms with E-state index in [1.807, 2.05) is 19.2 Å². The maximum Gasteiger partial charge on any atom is 0.0946 e. The SMILES string of the molecule is CCOC1(C(O)Cc2ccc(CC)cn2)CCCC(C)C1. The Morgan fingerprint density at radius 3 is 2.81 bits per heavy atom. The van der Waals surface area contributed by atoms with Gasteiger partial charge in [0.05, 0.1) is 11.7 Å². The summed E-state index contributed by atoms with van der Waals surface area (Å²) in [5.74, 6) is 0.621. The Kier molecular flexibility index (Phi) is 5.77. The van der Waals surface area contributed by atoms with Crippen molar-refractivity contribution in [2.24, 2.45) is 5.92 Å². The minimum absolute atomic E-state index is 0.377. The Hall–Kier alpha value is -0.930. The van der Waals surface area contributed by atoms with Gasteiger partial charge in [0.15, 0.2) is 0 Å². The summed E-state index contributed by atoms with van der Waals surface area (Å²) in [6.07, 6.45) is 7.31. The van der Waals surface area contributed by atoms with Gasteiger partial charge in [-0.2, -0.15) is 0 Å². The van der Waals surface area contributed by atoms with Gasteiger partial charge in [-0.15, -0.1) is 0 Å². The van der Waals surface area contributed by atoms with E-state index < -0.39 is 6.10 Å². The highest BCUT2D eigenvalue weighted by atomic mass is 16.5. The van der Waals surface area contributed by atoms with Crippen molar-refractivity contribution in [3.63, 3.8) is 0 Å². The lowest BCUT2D eigenvalue weighted by atomic mass is 9.74. The molecule has 21 heavy (non-hydrogen) atoms. The number of ether oxygens (including phenoxy) is 1. The Bertz CT molecular complexity index is 427. The minimum atomic E-state index is -0.472. The third-order valence-corrected chi connectivity index (χ3v) is 4.73. The fraction of sp³-hybridized carbons (Fsp3) is 0.722. The summed E-state index contributed by atoms with van der Waals surface area (Å²) in [4.78, 5) is 4.48. The smallest absolute Gasteiger partial charge is 0.0946 e. The van der Waals surface area contributed by atoms with Gasteiger partial charge in [-0.1, -0.05) is 32.8 Å². The zero-order valence-electron chi connectivity index (χ0n) is 13.6. The van der Waals surface area contributed by atoms with Crippen LogP contribution in [0.2, 0.25) is 0 Å². The minimum Gasteiger partial charge on any atom is -0.390 e. The molecule has 3 heteroatoms. The van der Waals surface area contributed by atoms with Crippen molar-refractivity contribution >= 4 is 0 Å². The molecule has 1 N–H and O–H groups in total. The summed E-state index contributed by atoms with van der Waals surface area (Å²) in [7, 11) is 0. The molecule has 3 nitrogen and oxygen atoms in total. The van der Waals surface area contributed by atoms with Crippen LogP contribution in [0, 0.1) is 5.92 Å².